The molecular formula is C10H12N4. The van der Waals surface area contributed by atoms with E-state index in [1.165, 1.54) is 0 Å². The molecule has 2 heterocycles. The van der Waals surface area contributed by atoms with E-state index in [2.05, 4.69) is 10.1 Å². The number of nitrogens with zero attached hydrogens (tertiary/aromatic N) is 3. The number of pyridine rings is 1. The topological polar surface area (TPSA) is 56.7 Å². The second-order valence-electron chi connectivity index (χ2n) is 3.27. The summed E-state index contributed by atoms with van der Waals surface area (Å²) in [5.41, 5.74) is 8.53. The van der Waals surface area contributed by atoms with Crippen LogP contribution >= 0.6 is 0 Å². The molecule has 0 saturated heterocycles. The molecule has 0 fully saturated rings. The first-order valence-corrected chi connectivity index (χ1v) is 4.39. The van der Waals surface area contributed by atoms with Gasteiger partial charge in [0, 0.05) is 30.6 Å². The fraction of sp³-hybridized carbons (Fsp3) is 0.200. The normalized spacial score (nSPS) is 10.4. The van der Waals surface area contributed by atoms with Crippen molar-refractivity contribution < 1.29 is 0 Å². The van der Waals surface area contributed by atoms with Crippen LogP contribution in [-0.4, -0.2) is 14.8 Å². The molecule has 0 saturated carbocycles. The fourth-order valence-electron chi connectivity index (χ4n) is 1.24. The van der Waals surface area contributed by atoms with Crippen molar-refractivity contribution >= 4 is 5.82 Å². The molecule has 0 radical (unpaired) electrons. The summed E-state index contributed by atoms with van der Waals surface area (Å²) in [4.78, 5) is 4.20. The Morgan fingerprint density at radius 1 is 1.36 bits per heavy atom. The number of nitrogens with two attached hydrogens (primary N) is 1. The SMILES string of the molecule is Cc1ccc(-c2cc(N)n(C)n2)cn1. The second-order valence-corrected chi connectivity index (χ2v) is 3.27. The number of nitrogen functional groups attached to an aromatic ring is 1. The van der Waals surface area contributed by atoms with Gasteiger partial charge in [-0.1, -0.05) is 0 Å². The molecule has 0 unspecified atom stereocenters. The van der Waals surface area contributed by atoms with Crippen molar-refractivity contribution in [2.45, 2.75) is 6.92 Å². The van der Waals surface area contributed by atoms with E-state index in [9.17, 15) is 0 Å². The van der Waals surface area contributed by atoms with Gasteiger partial charge in [-0.3, -0.25) is 9.67 Å². The van der Waals surface area contributed by atoms with Gasteiger partial charge < -0.3 is 5.73 Å². The Hall–Kier alpha value is -1.84. The Balaban J connectivity index is 2.44. The molecule has 4 nitrogen and oxygen atoms in total. The number of anilines is 1. The van der Waals surface area contributed by atoms with E-state index >= 15 is 0 Å². The quantitative estimate of drug-likeness (QED) is 0.735. The van der Waals surface area contributed by atoms with Gasteiger partial charge in [0.15, 0.2) is 0 Å². The predicted molar refractivity (Wildman–Crippen MR) is 55.6 cm³/mol. The van der Waals surface area contributed by atoms with Crippen molar-refractivity contribution in [1.82, 2.24) is 14.8 Å². The molecule has 4 heteroatoms. The average molecular weight is 188 g/mol. The first-order valence-electron chi connectivity index (χ1n) is 4.39. The van der Waals surface area contributed by atoms with Gasteiger partial charge in [-0.2, -0.15) is 5.10 Å². The first-order chi connectivity index (χ1) is 6.66. The third-order valence-corrected chi connectivity index (χ3v) is 2.12. The van der Waals surface area contributed by atoms with Gasteiger partial charge >= 0.3 is 0 Å². The Labute approximate surface area is 82.4 Å². The molecule has 0 aliphatic carbocycles. The van der Waals surface area contributed by atoms with Crippen molar-refractivity contribution in [3.63, 3.8) is 0 Å². The van der Waals surface area contributed by atoms with Gasteiger partial charge in [-0.05, 0) is 19.1 Å². The third kappa shape index (κ3) is 1.46. The highest BCUT2D eigenvalue weighted by molar-refractivity contribution is 5.61. The van der Waals surface area contributed by atoms with Crippen LogP contribution in [0.1, 0.15) is 5.69 Å². The largest absolute Gasteiger partial charge is 0.384 e. The summed E-state index contributed by atoms with van der Waals surface area (Å²) >= 11 is 0. The van der Waals surface area contributed by atoms with E-state index in [0.717, 1.165) is 17.0 Å². The molecule has 2 rings (SSSR count). The van der Waals surface area contributed by atoms with Gasteiger partial charge in [-0.15, -0.1) is 0 Å². The Bertz CT molecular complexity index is 422. The van der Waals surface area contributed by atoms with Crippen LogP contribution in [0.4, 0.5) is 5.82 Å². The minimum Gasteiger partial charge on any atom is -0.384 e. The maximum atomic E-state index is 5.69. The standard InChI is InChI=1S/C10H12N4/c1-7-3-4-8(6-12-7)9-5-10(11)14(2)13-9/h3-6H,11H2,1-2H3. The Morgan fingerprint density at radius 3 is 2.64 bits per heavy atom. The molecule has 0 amide bonds. The lowest BCUT2D eigenvalue weighted by atomic mass is 10.2. The minimum atomic E-state index is 0.653. The minimum absolute atomic E-state index is 0.653. The average Bonchev–Trinajstić information content (AvgIpc) is 2.48. The number of rotatable bonds is 1. The molecule has 0 atom stereocenters. The van der Waals surface area contributed by atoms with Crippen molar-refractivity contribution in [2.75, 3.05) is 5.73 Å². The van der Waals surface area contributed by atoms with Crippen LogP contribution in [0.15, 0.2) is 24.4 Å². The van der Waals surface area contributed by atoms with Gasteiger partial charge in [0.05, 0.1) is 5.69 Å². The van der Waals surface area contributed by atoms with E-state index in [-0.39, 0.29) is 0 Å². The number of aromatic nitrogens is 3. The lowest BCUT2D eigenvalue weighted by Crippen LogP contribution is -1.96. The Morgan fingerprint density at radius 2 is 2.14 bits per heavy atom. The molecule has 0 bridgehead atoms. The molecule has 2 N–H and O–H groups in total. The van der Waals surface area contributed by atoms with E-state index in [4.69, 9.17) is 5.73 Å². The van der Waals surface area contributed by atoms with Crippen LogP contribution in [0.2, 0.25) is 0 Å². The van der Waals surface area contributed by atoms with Crippen LogP contribution < -0.4 is 5.73 Å². The smallest absolute Gasteiger partial charge is 0.121 e. The molecule has 72 valence electrons. The summed E-state index contributed by atoms with van der Waals surface area (Å²) in [6.07, 6.45) is 1.80. The summed E-state index contributed by atoms with van der Waals surface area (Å²) < 4.78 is 1.65. The van der Waals surface area contributed by atoms with Gasteiger partial charge in [0.1, 0.15) is 5.82 Å². The lowest BCUT2D eigenvalue weighted by molar-refractivity contribution is 0.782. The van der Waals surface area contributed by atoms with Crippen LogP contribution in [0.25, 0.3) is 11.3 Å². The predicted octanol–water partition coefficient (Wildman–Crippen LogP) is 1.37. The van der Waals surface area contributed by atoms with E-state index < -0.39 is 0 Å². The Kier molecular flexibility index (Phi) is 1.96. The van der Waals surface area contributed by atoms with Crippen molar-refractivity contribution in [3.8, 4) is 11.3 Å². The molecular weight excluding hydrogens is 176 g/mol. The van der Waals surface area contributed by atoms with E-state index in [0.29, 0.717) is 5.82 Å². The highest BCUT2D eigenvalue weighted by atomic mass is 15.3. The lowest BCUT2D eigenvalue weighted by Gasteiger charge is -1.95. The van der Waals surface area contributed by atoms with Crippen LogP contribution in [0.3, 0.4) is 0 Å². The number of hydrogen-bond donors (Lipinski definition) is 1. The monoisotopic (exact) mass is 188 g/mol. The second kappa shape index (κ2) is 3.14. The van der Waals surface area contributed by atoms with E-state index in [1.54, 1.807) is 10.9 Å². The molecule has 0 aromatic carbocycles. The number of aryl methyl sites for hydroxylation is 2. The zero-order valence-corrected chi connectivity index (χ0v) is 8.23. The van der Waals surface area contributed by atoms with Crippen LogP contribution in [0.5, 0.6) is 0 Å². The van der Waals surface area contributed by atoms with Crippen molar-refractivity contribution in [2.24, 2.45) is 7.05 Å². The first kappa shape index (κ1) is 8.74. The van der Waals surface area contributed by atoms with Crippen LogP contribution in [0, 0.1) is 6.92 Å². The third-order valence-electron chi connectivity index (χ3n) is 2.12. The molecule has 0 spiro atoms. The van der Waals surface area contributed by atoms with Gasteiger partial charge in [-0.25, -0.2) is 0 Å². The summed E-state index contributed by atoms with van der Waals surface area (Å²) in [5.74, 6) is 0.653. The van der Waals surface area contributed by atoms with Gasteiger partial charge in [0.2, 0.25) is 0 Å². The molecule has 14 heavy (non-hydrogen) atoms. The summed E-state index contributed by atoms with van der Waals surface area (Å²) in [5, 5.41) is 4.26. The highest BCUT2D eigenvalue weighted by Crippen LogP contribution is 2.18. The van der Waals surface area contributed by atoms with Crippen molar-refractivity contribution in [1.29, 1.82) is 0 Å². The number of hydrogen-bond acceptors (Lipinski definition) is 3. The maximum absolute atomic E-state index is 5.69. The van der Waals surface area contributed by atoms with Crippen LogP contribution in [-0.2, 0) is 7.05 Å². The zero-order valence-electron chi connectivity index (χ0n) is 8.23. The summed E-state index contributed by atoms with van der Waals surface area (Å²) in [6, 6.07) is 5.79. The van der Waals surface area contributed by atoms with Gasteiger partial charge in [0.25, 0.3) is 0 Å². The highest BCUT2D eigenvalue weighted by Gasteiger charge is 2.04. The molecule has 2 aromatic heterocycles. The fourth-order valence-corrected chi connectivity index (χ4v) is 1.24. The zero-order chi connectivity index (χ0) is 10.1. The summed E-state index contributed by atoms with van der Waals surface area (Å²) in [6.45, 7) is 1.95. The van der Waals surface area contributed by atoms with E-state index in [1.807, 2.05) is 32.2 Å². The molecule has 0 aliphatic heterocycles. The maximum Gasteiger partial charge on any atom is 0.121 e. The molecule has 2 aromatic rings. The molecule has 0 aliphatic rings. The summed E-state index contributed by atoms with van der Waals surface area (Å²) in [7, 11) is 1.82. The van der Waals surface area contributed by atoms with Crippen molar-refractivity contribution in [3.05, 3.63) is 30.1 Å².